The lowest BCUT2D eigenvalue weighted by atomic mass is 9.99. The van der Waals surface area contributed by atoms with Crippen molar-refractivity contribution in [2.75, 3.05) is 18.0 Å². The number of aromatic nitrogens is 2. The number of anilines is 1. The van der Waals surface area contributed by atoms with Gasteiger partial charge in [-0.2, -0.15) is 0 Å². The molecule has 1 fully saturated rings. The third kappa shape index (κ3) is 4.96. The van der Waals surface area contributed by atoms with Crippen LogP contribution in [0.5, 0.6) is 5.75 Å². The Morgan fingerprint density at radius 1 is 1.19 bits per heavy atom. The van der Waals surface area contributed by atoms with E-state index in [1.165, 1.54) is 0 Å². The summed E-state index contributed by atoms with van der Waals surface area (Å²) in [5.74, 6) is 2.07. The first-order valence-corrected chi connectivity index (χ1v) is 9.78. The molecule has 0 amide bonds. The highest BCUT2D eigenvalue weighted by molar-refractivity contribution is 5.40. The SMILES string of the molecule is CCc1cc(N2CCC(N[C@H](C)[C@@H](O)c3ccc(O)cc3)CC2)nc(C)n1. The topological polar surface area (TPSA) is 81.5 Å². The van der Waals surface area contributed by atoms with Crippen molar-refractivity contribution >= 4 is 5.82 Å². The summed E-state index contributed by atoms with van der Waals surface area (Å²) >= 11 is 0. The van der Waals surface area contributed by atoms with Gasteiger partial charge in [0.25, 0.3) is 0 Å². The first kappa shape index (κ1) is 19.6. The van der Waals surface area contributed by atoms with Gasteiger partial charge in [0, 0.05) is 36.9 Å². The van der Waals surface area contributed by atoms with E-state index in [0.717, 1.165) is 55.3 Å². The van der Waals surface area contributed by atoms with Crippen LogP contribution in [-0.4, -0.2) is 45.4 Å². The molecular formula is C21H30N4O2. The summed E-state index contributed by atoms with van der Waals surface area (Å²) in [6.45, 7) is 7.95. The maximum atomic E-state index is 10.6. The number of phenolic OH excluding ortho intramolecular Hbond substituents is 1. The Hall–Kier alpha value is -2.18. The van der Waals surface area contributed by atoms with Crippen molar-refractivity contribution in [3.63, 3.8) is 0 Å². The highest BCUT2D eigenvalue weighted by Gasteiger charge is 2.24. The summed E-state index contributed by atoms with van der Waals surface area (Å²) in [4.78, 5) is 11.4. The number of phenols is 1. The van der Waals surface area contributed by atoms with Gasteiger partial charge in [-0.15, -0.1) is 0 Å². The molecule has 2 aromatic rings. The molecule has 3 N–H and O–H groups in total. The Bertz CT molecular complexity index is 742. The van der Waals surface area contributed by atoms with E-state index in [0.29, 0.717) is 6.04 Å². The van der Waals surface area contributed by atoms with Crippen LogP contribution in [0, 0.1) is 6.92 Å². The van der Waals surface area contributed by atoms with Crippen LogP contribution < -0.4 is 10.2 Å². The maximum Gasteiger partial charge on any atom is 0.132 e. The molecule has 1 saturated heterocycles. The van der Waals surface area contributed by atoms with Crippen molar-refractivity contribution in [3.05, 3.63) is 47.4 Å². The molecule has 27 heavy (non-hydrogen) atoms. The first-order valence-electron chi connectivity index (χ1n) is 9.78. The van der Waals surface area contributed by atoms with E-state index in [1.807, 2.05) is 13.8 Å². The molecule has 6 heteroatoms. The Balaban J connectivity index is 1.54. The number of aryl methyl sites for hydroxylation is 2. The van der Waals surface area contributed by atoms with Gasteiger partial charge >= 0.3 is 0 Å². The number of piperidine rings is 1. The van der Waals surface area contributed by atoms with E-state index in [9.17, 15) is 10.2 Å². The zero-order valence-corrected chi connectivity index (χ0v) is 16.4. The highest BCUT2D eigenvalue weighted by atomic mass is 16.3. The normalized spacial score (nSPS) is 17.7. The quantitative estimate of drug-likeness (QED) is 0.725. The number of nitrogens with zero attached hydrogens (tertiary/aromatic N) is 3. The van der Waals surface area contributed by atoms with Crippen LogP contribution in [0.1, 0.15) is 49.9 Å². The van der Waals surface area contributed by atoms with Gasteiger partial charge in [-0.05, 0) is 50.8 Å². The van der Waals surface area contributed by atoms with Crippen molar-refractivity contribution in [1.29, 1.82) is 0 Å². The van der Waals surface area contributed by atoms with Crippen LogP contribution in [0.15, 0.2) is 30.3 Å². The summed E-state index contributed by atoms with van der Waals surface area (Å²) in [6.07, 6.45) is 2.34. The van der Waals surface area contributed by atoms with Crippen molar-refractivity contribution in [1.82, 2.24) is 15.3 Å². The third-order valence-electron chi connectivity index (χ3n) is 5.27. The fourth-order valence-corrected chi connectivity index (χ4v) is 3.65. The summed E-state index contributed by atoms with van der Waals surface area (Å²) < 4.78 is 0. The highest BCUT2D eigenvalue weighted by Crippen LogP contribution is 2.23. The summed E-state index contributed by atoms with van der Waals surface area (Å²) in [5.41, 5.74) is 1.90. The molecule has 1 aromatic heterocycles. The van der Waals surface area contributed by atoms with Crippen LogP contribution in [0.25, 0.3) is 0 Å². The number of nitrogens with one attached hydrogen (secondary N) is 1. The van der Waals surface area contributed by atoms with Crippen molar-refractivity contribution < 1.29 is 10.2 Å². The van der Waals surface area contributed by atoms with E-state index in [2.05, 4.69) is 33.2 Å². The van der Waals surface area contributed by atoms with Crippen molar-refractivity contribution in [2.24, 2.45) is 0 Å². The molecule has 1 aliphatic heterocycles. The number of hydrogen-bond acceptors (Lipinski definition) is 6. The van der Waals surface area contributed by atoms with Gasteiger partial charge < -0.3 is 20.4 Å². The Morgan fingerprint density at radius 3 is 2.48 bits per heavy atom. The van der Waals surface area contributed by atoms with Crippen LogP contribution in [0.4, 0.5) is 5.82 Å². The number of benzene rings is 1. The van der Waals surface area contributed by atoms with Crippen LogP contribution >= 0.6 is 0 Å². The van der Waals surface area contributed by atoms with Gasteiger partial charge in [-0.1, -0.05) is 19.1 Å². The standard InChI is InChI=1S/C21H30N4O2/c1-4-17-13-20(24-15(3)23-17)25-11-9-18(10-12-25)22-14(2)21(27)16-5-7-19(26)8-6-16/h5-8,13-14,18,21-22,26-27H,4,9-12H2,1-3H3/t14-,21-/m1/s1. The number of hydrogen-bond donors (Lipinski definition) is 3. The summed E-state index contributed by atoms with van der Waals surface area (Å²) in [7, 11) is 0. The van der Waals surface area contributed by atoms with E-state index in [4.69, 9.17) is 0 Å². The molecule has 146 valence electrons. The minimum absolute atomic E-state index is 0.0564. The molecule has 1 aromatic carbocycles. The zero-order chi connectivity index (χ0) is 19.4. The fraction of sp³-hybridized carbons (Fsp3) is 0.524. The lowest BCUT2D eigenvalue weighted by molar-refractivity contribution is 0.126. The molecule has 0 bridgehead atoms. The van der Waals surface area contributed by atoms with Gasteiger partial charge in [0.1, 0.15) is 17.4 Å². The fourth-order valence-electron chi connectivity index (χ4n) is 3.65. The van der Waals surface area contributed by atoms with Crippen LogP contribution in [0.3, 0.4) is 0 Å². The zero-order valence-electron chi connectivity index (χ0n) is 16.4. The smallest absolute Gasteiger partial charge is 0.132 e. The molecule has 3 rings (SSSR count). The van der Waals surface area contributed by atoms with Crippen LogP contribution in [0.2, 0.25) is 0 Å². The molecule has 0 aliphatic carbocycles. The minimum Gasteiger partial charge on any atom is -0.508 e. The lowest BCUT2D eigenvalue weighted by Crippen LogP contribution is -2.47. The molecule has 1 aliphatic rings. The molecule has 6 nitrogen and oxygen atoms in total. The van der Waals surface area contributed by atoms with E-state index < -0.39 is 6.10 Å². The Kier molecular flexibility index (Phi) is 6.29. The first-order chi connectivity index (χ1) is 13.0. The van der Waals surface area contributed by atoms with Gasteiger partial charge in [0.05, 0.1) is 6.10 Å². The minimum atomic E-state index is -0.597. The van der Waals surface area contributed by atoms with Gasteiger partial charge in [-0.3, -0.25) is 0 Å². The third-order valence-corrected chi connectivity index (χ3v) is 5.27. The predicted molar refractivity (Wildman–Crippen MR) is 107 cm³/mol. The Labute approximate surface area is 161 Å². The van der Waals surface area contributed by atoms with Gasteiger partial charge in [-0.25, -0.2) is 9.97 Å². The van der Waals surface area contributed by atoms with Gasteiger partial charge in [0.15, 0.2) is 0 Å². The van der Waals surface area contributed by atoms with Gasteiger partial charge in [0.2, 0.25) is 0 Å². The molecule has 0 spiro atoms. The predicted octanol–water partition coefficient (Wildman–Crippen LogP) is 2.73. The second-order valence-corrected chi connectivity index (χ2v) is 7.37. The molecule has 2 atom stereocenters. The van der Waals surface area contributed by atoms with E-state index in [-0.39, 0.29) is 11.8 Å². The number of rotatable bonds is 6. The van der Waals surface area contributed by atoms with Crippen molar-refractivity contribution in [3.8, 4) is 5.75 Å². The number of aliphatic hydroxyl groups is 1. The number of aliphatic hydroxyl groups excluding tert-OH is 1. The van der Waals surface area contributed by atoms with E-state index in [1.54, 1.807) is 24.3 Å². The number of aromatic hydroxyl groups is 1. The average molecular weight is 370 g/mol. The molecule has 0 saturated carbocycles. The van der Waals surface area contributed by atoms with E-state index >= 15 is 0 Å². The summed E-state index contributed by atoms with van der Waals surface area (Å²) in [6, 6.07) is 9.16. The monoisotopic (exact) mass is 370 g/mol. The van der Waals surface area contributed by atoms with Crippen molar-refractivity contribution in [2.45, 2.75) is 58.2 Å². The second-order valence-electron chi connectivity index (χ2n) is 7.37. The Morgan fingerprint density at radius 2 is 1.85 bits per heavy atom. The lowest BCUT2D eigenvalue weighted by Gasteiger charge is -2.35. The molecule has 2 heterocycles. The molecule has 0 unspecified atom stereocenters. The maximum absolute atomic E-state index is 10.6. The largest absolute Gasteiger partial charge is 0.508 e. The molecule has 0 radical (unpaired) electrons. The molecular weight excluding hydrogens is 340 g/mol. The van der Waals surface area contributed by atoms with Crippen LogP contribution in [-0.2, 0) is 6.42 Å². The summed E-state index contributed by atoms with van der Waals surface area (Å²) in [5, 5.41) is 23.5. The second kappa shape index (κ2) is 8.67. The average Bonchev–Trinajstić information content (AvgIpc) is 2.68.